The molecule has 0 spiro atoms. The minimum Gasteiger partial charge on any atom is -0.0829 e. The Morgan fingerprint density at radius 1 is 0.814 bits per heavy atom. The molecule has 0 nitrogen and oxygen atoms in total. The summed E-state index contributed by atoms with van der Waals surface area (Å²) in [5.41, 5.74) is 9.37. The fraction of sp³-hybridized carbons (Fsp3) is 0.190. The molecular weight excluding hydrogens is 535 g/mol. The van der Waals surface area contributed by atoms with Gasteiger partial charge in [0.05, 0.1) is 0 Å². The van der Waals surface area contributed by atoms with E-state index in [2.05, 4.69) is 141 Å². The van der Waals surface area contributed by atoms with Crippen LogP contribution in [0.15, 0.2) is 126 Å². The summed E-state index contributed by atoms with van der Waals surface area (Å²) in [6, 6.07) is 36.7. The topological polar surface area (TPSA) is 0 Å². The van der Waals surface area contributed by atoms with E-state index in [0.29, 0.717) is 11.6 Å². The highest BCUT2D eigenvalue weighted by Crippen LogP contribution is 2.67. The molecule has 5 aromatic rings. The van der Waals surface area contributed by atoms with E-state index in [0.717, 1.165) is 19.3 Å². The van der Waals surface area contributed by atoms with Crippen molar-refractivity contribution in [3.8, 4) is 0 Å². The van der Waals surface area contributed by atoms with Gasteiger partial charge in [-0.2, -0.15) is 0 Å². The van der Waals surface area contributed by atoms with Gasteiger partial charge in [0.2, 0.25) is 0 Å². The highest BCUT2D eigenvalue weighted by Gasteiger charge is 2.36. The Hall–Kier alpha value is -3.99. The molecule has 5 aromatic carbocycles. The van der Waals surface area contributed by atoms with Crippen LogP contribution < -0.4 is 10.4 Å². The lowest BCUT2D eigenvalue weighted by Gasteiger charge is -2.30. The Balaban J connectivity index is 1.36. The molecule has 0 radical (unpaired) electrons. The van der Waals surface area contributed by atoms with Gasteiger partial charge in [-0.05, 0) is 97.5 Å². The average Bonchev–Trinajstić information content (AvgIpc) is 3.40. The molecule has 3 aliphatic rings. The fourth-order valence-electron chi connectivity index (χ4n) is 7.84. The average molecular weight is 573 g/mol. The largest absolute Gasteiger partial charge is 0.0829 e. The molecule has 8 rings (SSSR count). The van der Waals surface area contributed by atoms with E-state index >= 15 is 0 Å². The van der Waals surface area contributed by atoms with Crippen LogP contribution in [0.5, 0.6) is 0 Å². The van der Waals surface area contributed by atoms with E-state index in [-0.39, 0.29) is 0 Å². The summed E-state index contributed by atoms with van der Waals surface area (Å²) >= 11 is 0. The second-order valence-electron chi connectivity index (χ2n) is 12.3. The Bertz CT molecular complexity index is 2120. The second kappa shape index (κ2) is 10.9. The molecule has 210 valence electrons. The molecule has 0 aromatic heterocycles. The van der Waals surface area contributed by atoms with Crippen molar-refractivity contribution in [2.24, 2.45) is 0 Å². The molecule has 0 N–H and O–H groups in total. The summed E-state index contributed by atoms with van der Waals surface area (Å²) in [7, 11) is -0.462. The lowest BCUT2D eigenvalue weighted by molar-refractivity contribution is 0.912. The van der Waals surface area contributed by atoms with Crippen LogP contribution in [0.3, 0.4) is 0 Å². The van der Waals surface area contributed by atoms with Crippen LogP contribution in [0.4, 0.5) is 0 Å². The number of rotatable bonds is 3. The highest BCUT2D eigenvalue weighted by atomic mass is 31.1. The molecule has 2 heterocycles. The van der Waals surface area contributed by atoms with Crippen LogP contribution in [0.2, 0.25) is 0 Å². The molecule has 0 saturated heterocycles. The van der Waals surface area contributed by atoms with Crippen molar-refractivity contribution in [1.29, 1.82) is 0 Å². The smallest absolute Gasteiger partial charge is 0.0123 e. The molecule has 2 aliphatic heterocycles. The number of benzene rings is 5. The molecule has 0 saturated carbocycles. The second-order valence-corrected chi connectivity index (χ2v) is 14.7. The third kappa shape index (κ3) is 4.47. The van der Waals surface area contributed by atoms with Gasteiger partial charge < -0.3 is 0 Å². The van der Waals surface area contributed by atoms with Gasteiger partial charge in [-0.25, -0.2) is 0 Å². The number of fused-ring (bicyclic) bond motifs is 6. The van der Waals surface area contributed by atoms with Gasteiger partial charge >= 0.3 is 0 Å². The molecule has 1 heteroatoms. The van der Waals surface area contributed by atoms with Crippen molar-refractivity contribution in [3.05, 3.63) is 159 Å². The SMILES string of the molecule is CCc1ccc2ccccc2c1C=C(C)C1CP2C3=CCC=c4ccccc4=C3C=CCC2c2cccc3cccc1c23. The van der Waals surface area contributed by atoms with Crippen LogP contribution in [0, 0.1) is 0 Å². The Labute approximate surface area is 256 Å². The standard InChI is InChI=1S/C42H37P/c1-3-29-24-25-31-13-5-7-18-34(31)38(29)26-28(2)39-27-43-40-22-10-14-30-12-4-6-17-33(30)35(40)19-11-23-41(43)37-21-9-16-32-15-8-20-36(39)42(32)37/h4-9,11-22,24-26,39,41H,3,10,23,27H2,1-2H3. The predicted molar refractivity (Wildman–Crippen MR) is 188 cm³/mol. The number of allylic oxidation sites excluding steroid dienone is 5. The normalized spacial score (nSPS) is 21.2. The van der Waals surface area contributed by atoms with Crippen molar-refractivity contribution in [1.82, 2.24) is 0 Å². The van der Waals surface area contributed by atoms with Crippen molar-refractivity contribution < 1.29 is 0 Å². The van der Waals surface area contributed by atoms with Gasteiger partial charge in [-0.3, -0.25) is 0 Å². The van der Waals surface area contributed by atoms with Crippen molar-refractivity contribution in [2.75, 3.05) is 6.16 Å². The first-order chi connectivity index (χ1) is 21.2. The van der Waals surface area contributed by atoms with E-state index in [1.807, 2.05) is 0 Å². The summed E-state index contributed by atoms with van der Waals surface area (Å²) in [6.45, 7) is 4.70. The lowest BCUT2D eigenvalue weighted by Crippen LogP contribution is -2.25. The lowest BCUT2D eigenvalue weighted by atomic mass is 9.85. The van der Waals surface area contributed by atoms with Crippen LogP contribution >= 0.6 is 7.92 Å². The molecule has 3 atom stereocenters. The first-order valence-corrected chi connectivity index (χ1v) is 17.4. The van der Waals surface area contributed by atoms with E-state index in [9.17, 15) is 0 Å². The minimum atomic E-state index is -0.462. The number of hydrogen-bond donors (Lipinski definition) is 0. The van der Waals surface area contributed by atoms with Gasteiger partial charge in [-0.1, -0.05) is 148 Å². The van der Waals surface area contributed by atoms with Crippen LogP contribution in [0.25, 0.3) is 39.3 Å². The van der Waals surface area contributed by atoms with Gasteiger partial charge in [0.25, 0.3) is 0 Å². The Morgan fingerprint density at radius 2 is 1.60 bits per heavy atom. The summed E-state index contributed by atoms with van der Waals surface area (Å²) in [5.74, 6) is 0.368. The maximum atomic E-state index is 2.58. The third-order valence-electron chi connectivity index (χ3n) is 9.95. The summed E-state index contributed by atoms with van der Waals surface area (Å²) < 4.78 is 0. The van der Waals surface area contributed by atoms with Gasteiger partial charge in [0.15, 0.2) is 0 Å². The zero-order valence-corrected chi connectivity index (χ0v) is 25.9. The van der Waals surface area contributed by atoms with E-state index in [1.165, 1.54) is 66.0 Å². The maximum absolute atomic E-state index is 2.58. The highest BCUT2D eigenvalue weighted by molar-refractivity contribution is 7.63. The van der Waals surface area contributed by atoms with Crippen molar-refractivity contribution >= 4 is 47.2 Å². The van der Waals surface area contributed by atoms with E-state index < -0.39 is 7.92 Å². The van der Waals surface area contributed by atoms with E-state index in [1.54, 1.807) is 10.9 Å². The quantitative estimate of drug-likeness (QED) is 0.189. The Morgan fingerprint density at radius 3 is 2.49 bits per heavy atom. The van der Waals surface area contributed by atoms with Crippen LogP contribution in [0.1, 0.15) is 60.5 Å². The number of aryl methyl sites for hydroxylation is 1. The summed E-state index contributed by atoms with van der Waals surface area (Å²) in [4.78, 5) is 0. The van der Waals surface area contributed by atoms with Crippen molar-refractivity contribution in [2.45, 2.75) is 44.7 Å². The third-order valence-corrected chi connectivity index (χ3v) is 13.0. The van der Waals surface area contributed by atoms with Crippen molar-refractivity contribution in [3.63, 3.8) is 0 Å². The number of hydrogen-bond acceptors (Lipinski definition) is 0. The molecule has 1 aliphatic carbocycles. The molecule has 0 bridgehead atoms. The van der Waals surface area contributed by atoms with Gasteiger partial charge in [-0.15, -0.1) is 0 Å². The zero-order valence-electron chi connectivity index (χ0n) is 25.1. The first kappa shape index (κ1) is 26.6. The van der Waals surface area contributed by atoms with E-state index in [4.69, 9.17) is 0 Å². The molecule has 3 unspecified atom stereocenters. The molecule has 0 fully saturated rings. The van der Waals surface area contributed by atoms with Crippen LogP contribution in [-0.4, -0.2) is 6.16 Å². The fourth-order valence-corrected chi connectivity index (χ4v) is 11.3. The molecule has 0 amide bonds. The molecule has 43 heavy (non-hydrogen) atoms. The maximum Gasteiger partial charge on any atom is 0.0123 e. The Kier molecular flexibility index (Phi) is 6.77. The minimum absolute atomic E-state index is 0.368. The first-order valence-electron chi connectivity index (χ1n) is 15.8. The van der Waals surface area contributed by atoms with Gasteiger partial charge in [0, 0.05) is 11.6 Å². The summed E-state index contributed by atoms with van der Waals surface area (Å²) in [5, 5.41) is 9.96. The van der Waals surface area contributed by atoms with Crippen LogP contribution in [-0.2, 0) is 6.42 Å². The van der Waals surface area contributed by atoms with Gasteiger partial charge in [0.1, 0.15) is 0 Å². The monoisotopic (exact) mass is 572 g/mol. The predicted octanol–water partition coefficient (Wildman–Crippen LogP) is 10.2. The molecular formula is C42H37P. The summed E-state index contributed by atoms with van der Waals surface area (Å²) in [6.07, 6.45) is 16.8. The zero-order chi connectivity index (χ0) is 28.9.